The maximum Gasteiger partial charge on any atom is 0.204 e. The van der Waals surface area contributed by atoms with Crippen molar-refractivity contribution in [2.45, 2.75) is 47.3 Å². The topological polar surface area (TPSA) is 58.9 Å². The van der Waals surface area contributed by atoms with E-state index in [0.717, 1.165) is 5.56 Å². The van der Waals surface area contributed by atoms with Gasteiger partial charge in [0.15, 0.2) is 11.5 Å². The number of methoxy groups -OCH3 is 2. The predicted octanol–water partition coefficient (Wildman–Crippen LogP) is 4.35. The minimum Gasteiger partial charge on any atom is -0.496 e. The van der Waals surface area contributed by atoms with E-state index in [0.29, 0.717) is 17.1 Å². The first-order valence-electron chi connectivity index (χ1n) is 8.91. The van der Waals surface area contributed by atoms with Crippen molar-refractivity contribution in [2.75, 3.05) is 14.2 Å². The molecule has 1 aromatic rings. The molecule has 4 nitrogen and oxygen atoms in total. The molecule has 4 heteroatoms. The van der Waals surface area contributed by atoms with Crippen molar-refractivity contribution < 1.29 is 19.7 Å². The zero-order chi connectivity index (χ0) is 20.0. The van der Waals surface area contributed by atoms with Crippen LogP contribution in [0.5, 0.6) is 0 Å². The van der Waals surface area contributed by atoms with Crippen LogP contribution >= 0.6 is 0 Å². The van der Waals surface area contributed by atoms with Gasteiger partial charge in [0, 0.05) is 5.57 Å². The lowest BCUT2D eigenvalue weighted by Gasteiger charge is -2.61. The van der Waals surface area contributed by atoms with E-state index < -0.39 is 22.0 Å². The molecule has 0 aliphatic heterocycles. The molecule has 1 aliphatic rings. The van der Waals surface area contributed by atoms with Crippen molar-refractivity contribution in [3.63, 3.8) is 0 Å². The van der Waals surface area contributed by atoms with Crippen molar-refractivity contribution in [1.82, 2.24) is 0 Å². The van der Waals surface area contributed by atoms with Crippen molar-refractivity contribution in [3.05, 3.63) is 53.5 Å². The molecule has 0 spiro atoms. The largest absolute Gasteiger partial charge is 0.496 e. The number of rotatable bonds is 3. The Labute approximate surface area is 157 Å². The van der Waals surface area contributed by atoms with Gasteiger partial charge < -0.3 is 19.7 Å². The number of benzene rings is 1. The molecule has 0 fully saturated rings. The van der Waals surface area contributed by atoms with Crippen molar-refractivity contribution in [2.24, 2.45) is 16.2 Å². The fourth-order valence-electron chi connectivity index (χ4n) is 5.00. The summed E-state index contributed by atoms with van der Waals surface area (Å²) in [4.78, 5) is 0. The summed E-state index contributed by atoms with van der Waals surface area (Å²) in [7, 11) is 3.13. The molecule has 0 unspecified atom stereocenters. The number of aliphatic hydroxyl groups is 2. The van der Waals surface area contributed by atoms with E-state index in [1.165, 1.54) is 0 Å². The van der Waals surface area contributed by atoms with Crippen LogP contribution in [0.15, 0.2) is 47.9 Å². The first-order valence-corrected chi connectivity index (χ1v) is 8.91. The maximum atomic E-state index is 11.7. The van der Waals surface area contributed by atoms with Gasteiger partial charge in [0.1, 0.15) is 0 Å². The highest BCUT2D eigenvalue weighted by molar-refractivity contribution is 5.76. The third-order valence-electron chi connectivity index (χ3n) is 5.50. The van der Waals surface area contributed by atoms with E-state index in [-0.39, 0.29) is 0 Å². The van der Waals surface area contributed by atoms with E-state index in [1.807, 2.05) is 71.9 Å². The lowest BCUT2D eigenvalue weighted by atomic mass is 9.46. The molecule has 1 aromatic carbocycles. The Morgan fingerprint density at radius 1 is 0.808 bits per heavy atom. The summed E-state index contributed by atoms with van der Waals surface area (Å²) in [5.41, 5.74) is -1.13. The molecular weight excluding hydrogens is 328 g/mol. The van der Waals surface area contributed by atoms with E-state index in [2.05, 4.69) is 0 Å². The van der Waals surface area contributed by atoms with Crippen molar-refractivity contribution >= 4 is 5.57 Å². The molecular formula is C22H32O4. The van der Waals surface area contributed by atoms with Gasteiger partial charge in [-0.2, -0.15) is 0 Å². The Kier molecular flexibility index (Phi) is 5.08. The van der Waals surface area contributed by atoms with Crippen LogP contribution in [0.4, 0.5) is 0 Å². The van der Waals surface area contributed by atoms with Gasteiger partial charge in [-0.3, -0.25) is 0 Å². The summed E-state index contributed by atoms with van der Waals surface area (Å²) < 4.78 is 11.4. The Bertz CT molecular complexity index is 699. The van der Waals surface area contributed by atoms with Crippen molar-refractivity contribution in [3.8, 4) is 0 Å². The second kappa shape index (κ2) is 6.43. The zero-order valence-electron chi connectivity index (χ0n) is 17.2. The normalized spacial score (nSPS) is 19.8. The molecule has 1 aliphatic carbocycles. The minimum absolute atomic E-state index is 0.403. The molecule has 0 atom stereocenters. The smallest absolute Gasteiger partial charge is 0.204 e. The number of ether oxygens (including phenoxy) is 2. The highest BCUT2D eigenvalue weighted by Gasteiger charge is 2.69. The average Bonchev–Trinajstić information content (AvgIpc) is 2.51. The van der Waals surface area contributed by atoms with Gasteiger partial charge in [-0.05, 0) is 22.5 Å². The van der Waals surface area contributed by atoms with Crippen LogP contribution in [0, 0.1) is 16.2 Å². The van der Waals surface area contributed by atoms with Gasteiger partial charge in [0.05, 0.1) is 19.6 Å². The van der Waals surface area contributed by atoms with Crippen LogP contribution in [0.25, 0.3) is 5.57 Å². The van der Waals surface area contributed by atoms with Crippen LogP contribution in [0.2, 0.25) is 0 Å². The lowest BCUT2D eigenvalue weighted by molar-refractivity contribution is -0.268. The number of hydrogen-bond acceptors (Lipinski definition) is 4. The Morgan fingerprint density at radius 3 is 1.69 bits per heavy atom. The van der Waals surface area contributed by atoms with Gasteiger partial charge in [-0.25, -0.2) is 0 Å². The fourth-order valence-corrected chi connectivity index (χ4v) is 5.00. The Morgan fingerprint density at radius 2 is 1.31 bits per heavy atom. The molecule has 2 rings (SSSR count). The highest BCUT2D eigenvalue weighted by Crippen LogP contribution is 2.66. The standard InChI is InChI=1S/C22H32O4/c1-19(2,3)21(20(4,5)6)18(26-8)17(25-7)14-16(22(21,23)24)15-12-10-9-11-13-15/h9-14,23-24H,1-8H3. The van der Waals surface area contributed by atoms with E-state index in [1.54, 1.807) is 20.3 Å². The van der Waals surface area contributed by atoms with Crippen LogP contribution in [0.1, 0.15) is 47.1 Å². The predicted molar refractivity (Wildman–Crippen MR) is 104 cm³/mol. The first kappa shape index (κ1) is 20.5. The molecule has 0 bridgehead atoms. The van der Waals surface area contributed by atoms with E-state index in [9.17, 15) is 10.2 Å². The number of allylic oxidation sites excluding steroid dienone is 1. The van der Waals surface area contributed by atoms with E-state index >= 15 is 0 Å². The molecule has 0 saturated carbocycles. The second-order valence-electron chi connectivity index (χ2n) is 8.95. The van der Waals surface area contributed by atoms with E-state index in [4.69, 9.17) is 9.47 Å². The Hall–Kier alpha value is -1.78. The Balaban J connectivity index is 2.99. The lowest BCUT2D eigenvalue weighted by Crippen LogP contribution is -2.65. The summed E-state index contributed by atoms with van der Waals surface area (Å²) >= 11 is 0. The molecule has 0 amide bonds. The van der Waals surface area contributed by atoms with Gasteiger partial charge in [0.25, 0.3) is 0 Å². The molecule has 144 valence electrons. The third-order valence-corrected chi connectivity index (χ3v) is 5.50. The molecule has 0 radical (unpaired) electrons. The van der Waals surface area contributed by atoms with Crippen LogP contribution in [-0.4, -0.2) is 30.2 Å². The SMILES string of the molecule is COC1=C(OC)C(C(C)(C)C)(C(C)(C)C)C(O)(O)C(c2ccccc2)=C1. The summed E-state index contributed by atoms with van der Waals surface area (Å²) in [6.07, 6.45) is 1.67. The molecule has 2 N–H and O–H groups in total. The summed E-state index contributed by atoms with van der Waals surface area (Å²) in [5, 5.41) is 23.4. The van der Waals surface area contributed by atoms with Gasteiger partial charge in [0.2, 0.25) is 5.79 Å². The first-order chi connectivity index (χ1) is 11.9. The molecule has 0 heterocycles. The van der Waals surface area contributed by atoms with Gasteiger partial charge in [-0.15, -0.1) is 0 Å². The highest BCUT2D eigenvalue weighted by atomic mass is 16.5. The summed E-state index contributed by atoms with van der Waals surface area (Å²) in [6, 6.07) is 9.40. The second-order valence-corrected chi connectivity index (χ2v) is 8.95. The molecule has 0 aromatic heterocycles. The fraction of sp³-hybridized carbons (Fsp3) is 0.545. The average molecular weight is 360 g/mol. The monoisotopic (exact) mass is 360 g/mol. The zero-order valence-corrected chi connectivity index (χ0v) is 17.2. The summed E-state index contributed by atoms with van der Waals surface area (Å²) in [6.45, 7) is 12.0. The van der Waals surface area contributed by atoms with Crippen LogP contribution in [0.3, 0.4) is 0 Å². The molecule has 26 heavy (non-hydrogen) atoms. The van der Waals surface area contributed by atoms with Gasteiger partial charge >= 0.3 is 0 Å². The van der Waals surface area contributed by atoms with Gasteiger partial charge in [-0.1, -0.05) is 71.9 Å². The minimum atomic E-state index is -2.17. The quantitative estimate of drug-likeness (QED) is 0.787. The molecule has 0 saturated heterocycles. The van der Waals surface area contributed by atoms with Crippen LogP contribution < -0.4 is 0 Å². The maximum absolute atomic E-state index is 11.7. The summed E-state index contributed by atoms with van der Waals surface area (Å²) in [5.74, 6) is -1.21. The third kappa shape index (κ3) is 2.67. The van der Waals surface area contributed by atoms with Crippen LogP contribution in [-0.2, 0) is 9.47 Å². The van der Waals surface area contributed by atoms with Crippen molar-refractivity contribution in [1.29, 1.82) is 0 Å². The number of hydrogen-bond donors (Lipinski definition) is 2.